The van der Waals surface area contributed by atoms with E-state index in [0.717, 1.165) is 5.56 Å². The molecule has 6 nitrogen and oxygen atoms in total. The number of benzene rings is 2. The summed E-state index contributed by atoms with van der Waals surface area (Å²) in [7, 11) is 0. The lowest BCUT2D eigenvalue weighted by molar-refractivity contribution is -0.0507. The molecule has 0 bridgehead atoms. The maximum Gasteiger partial charge on any atom is 0.387 e. The van der Waals surface area contributed by atoms with E-state index >= 15 is 0 Å². The molecule has 1 N–H and O–H groups in total. The Bertz CT molecular complexity index is 1070. The molecule has 1 heterocycles. The highest BCUT2D eigenvalue weighted by atomic mass is 32.1. The quantitative estimate of drug-likeness (QED) is 0.428. The number of para-hydroxylation sites is 1. The molecule has 9 heteroatoms. The van der Waals surface area contributed by atoms with Gasteiger partial charge in [0.05, 0.1) is 18.4 Å². The molecule has 29 heavy (non-hydrogen) atoms. The van der Waals surface area contributed by atoms with Crippen LogP contribution in [0.1, 0.15) is 23.6 Å². The van der Waals surface area contributed by atoms with Gasteiger partial charge in [-0.1, -0.05) is 12.1 Å². The summed E-state index contributed by atoms with van der Waals surface area (Å²) in [6.45, 7) is 2.95. The highest BCUT2D eigenvalue weighted by Gasteiger charge is 2.14. The van der Waals surface area contributed by atoms with Crippen LogP contribution in [0.25, 0.3) is 11.4 Å². The molecule has 0 radical (unpaired) electrons. The summed E-state index contributed by atoms with van der Waals surface area (Å²) in [5, 5.41) is 11.4. The zero-order chi connectivity index (χ0) is 21.0. The van der Waals surface area contributed by atoms with Crippen LogP contribution in [0.3, 0.4) is 0 Å². The summed E-state index contributed by atoms with van der Waals surface area (Å²) in [6.07, 6.45) is 1.59. The lowest BCUT2D eigenvalue weighted by Gasteiger charge is -2.12. The lowest BCUT2D eigenvalue weighted by atomic mass is 10.1. The van der Waals surface area contributed by atoms with E-state index in [1.807, 2.05) is 31.2 Å². The van der Waals surface area contributed by atoms with Crippen LogP contribution in [-0.4, -0.2) is 34.3 Å². The van der Waals surface area contributed by atoms with Crippen molar-refractivity contribution in [2.75, 3.05) is 6.61 Å². The highest BCUT2D eigenvalue weighted by Crippen LogP contribution is 2.29. The summed E-state index contributed by atoms with van der Waals surface area (Å²) >= 11 is 5.30. The van der Waals surface area contributed by atoms with Crippen molar-refractivity contribution in [1.29, 1.82) is 0 Å². The molecule has 152 valence electrons. The van der Waals surface area contributed by atoms with Crippen molar-refractivity contribution in [1.82, 2.24) is 14.9 Å². The average Bonchev–Trinajstić information content (AvgIpc) is 3.04. The molecule has 3 rings (SSSR count). The molecule has 0 aliphatic heterocycles. The summed E-state index contributed by atoms with van der Waals surface area (Å²) in [5.41, 5.74) is 2.63. The third-order valence-corrected chi connectivity index (χ3v) is 4.35. The van der Waals surface area contributed by atoms with Crippen LogP contribution in [0.5, 0.6) is 11.5 Å². The molecule has 0 unspecified atom stereocenters. The molecule has 3 aromatic rings. The van der Waals surface area contributed by atoms with Crippen molar-refractivity contribution in [3.05, 3.63) is 57.9 Å². The largest absolute Gasteiger partial charge is 0.493 e. The Hall–Kier alpha value is -3.07. The Kier molecular flexibility index (Phi) is 6.38. The van der Waals surface area contributed by atoms with E-state index < -0.39 is 6.61 Å². The van der Waals surface area contributed by atoms with Gasteiger partial charge in [0.15, 0.2) is 5.82 Å². The second kappa shape index (κ2) is 8.95. The molecular formula is C20H20F2N4O2S. The van der Waals surface area contributed by atoms with E-state index in [-0.39, 0.29) is 5.75 Å². The summed E-state index contributed by atoms with van der Waals surface area (Å²) in [4.78, 5) is 0. The molecule has 0 aliphatic carbocycles. The fourth-order valence-electron chi connectivity index (χ4n) is 2.96. The van der Waals surface area contributed by atoms with Crippen LogP contribution in [0, 0.1) is 18.6 Å². The normalized spacial score (nSPS) is 11.4. The molecule has 1 aromatic heterocycles. The number of aromatic amines is 1. The number of nitrogens with zero attached hydrogens (tertiary/aromatic N) is 3. The van der Waals surface area contributed by atoms with Gasteiger partial charge >= 0.3 is 6.61 Å². The number of rotatable bonds is 7. The minimum Gasteiger partial charge on any atom is -0.493 e. The summed E-state index contributed by atoms with van der Waals surface area (Å²) < 4.78 is 37.2. The minimum absolute atomic E-state index is 0.170. The van der Waals surface area contributed by atoms with Gasteiger partial charge in [-0.3, -0.25) is 0 Å². The topological polar surface area (TPSA) is 64.4 Å². The van der Waals surface area contributed by atoms with Crippen molar-refractivity contribution >= 4 is 18.4 Å². The number of halogens is 2. The first-order valence-corrected chi connectivity index (χ1v) is 9.31. The molecule has 2 aromatic carbocycles. The second-order valence-electron chi connectivity index (χ2n) is 6.20. The number of alkyl halides is 2. The van der Waals surface area contributed by atoms with Gasteiger partial charge in [0.25, 0.3) is 0 Å². The van der Waals surface area contributed by atoms with Gasteiger partial charge in [0, 0.05) is 0 Å². The van der Waals surface area contributed by atoms with Gasteiger partial charge in [0.2, 0.25) is 4.77 Å². The standard InChI is InChI=1S/C20H20F2N4O2S/c1-4-27-16-8-6-5-7-15(16)18-24-25-20(29)26(18)23-11-14-9-12(2)17(13(3)10-14)28-19(21)22/h5-11,19H,4H2,1-3H3,(H,25,29)/b23-11-. The van der Waals surface area contributed by atoms with E-state index in [4.69, 9.17) is 17.0 Å². The number of aromatic nitrogens is 3. The van der Waals surface area contributed by atoms with Crippen molar-refractivity contribution in [3.63, 3.8) is 0 Å². The van der Waals surface area contributed by atoms with Gasteiger partial charge in [-0.2, -0.15) is 23.7 Å². The van der Waals surface area contributed by atoms with E-state index in [0.29, 0.717) is 39.6 Å². The zero-order valence-corrected chi connectivity index (χ0v) is 17.0. The Morgan fingerprint density at radius 3 is 2.59 bits per heavy atom. The number of aryl methyl sites for hydroxylation is 2. The van der Waals surface area contributed by atoms with Crippen LogP contribution in [-0.2, 0) is 0 Å². The molecular weight excluding hydrogens is 398 g/mol. The number of H-pyrrole nitrogens is 1. The molecule has 0 saturated carbocycles. The molecule has 0 spiro atoms. The highest BCUT2D eigenvalue weighted by molar-refractivity contribution is 7.71. The average molecular weight is 418 g/mol. The SMILES string of the molecule is CCOc1ccccc1-c1n[nH]c(=S)n1/N=C\c1cc(C)c(OC(F)F)c(C)c1. The van der Waals surface area contributed by atoms with Crippen molar-refractivity contribution in [2.45, 2.75) is 27.4 Å². The smallest absolute Gasteiger partial charge is 0.387 e. The predicted octanol–water partition coefficient (Wildman–Crippen LogP) is 5.11. The Morgan fingerprint density at radius 1 is 1.24 bits per heavy atom. The van der Waals surface area contributed by atoms with E-state index in [1.54, 1.807) is 32.2 Å². The number of nitrogens with one attached hydrogen (secondary N) is 1. The lowest BCUT2D eigenvalue weighted by Crippen LogP contribution is -2.05. The Balaban J connectivity index is 1.98. The van der Waals surface area contributed by atoms with Crippen molar-refractivity contribution in [2.24, 2.45) is 5.10 Å². The molecule has 0 saturated heterocycles. The third kappa shape index (κ3) is 4.68. The van der Waals surface area contributed by atoms with Gasteiger partial charge < -0.3 is 9.47 Å². The van der Waals surface area contributed by atoms with Crippen molar-refractivity contribution in [3.8, 4) is 22.9 Å². The summed E-state index contributed by atoms with van der Waals surface area (Å²) in [5.74, 6) is 1.34. The number of ether oxygens (including phenoxy) is 2. The minimum atomic E-state index is -2.87. The van der Waals surface area contributed by atoms with Gasteiger partial charge in [0.1, 0.15) is 11.5 Å². The Morgan fingerprint density at radius 2 is 1.93 bits per heavy atom. The summed E-state index contributed by atoms with van der Waals surface area (Å²) in [6, 6.07) is 10.9. The first-order valence-electron chi connectivity index (χ1n) is 8.90. The van der Waals surface area contributed by atoms with Gasteiger partial charge in [-0.25, -0.2) is 5.10 Å². The zero-order valence-electron chi connectivity index (χ0n) is 16.1. The van der Waals surface area contributed by atoms with Crippen LogP contribution in [0.4, 0.5) is 8.78 Å². The molecule has 0 fully saturated rings. The van der Waals surface area contributed by atoms with Crippen molar-refractivity contribution < 1.29 is 18.3 Å². The maximum absolute atomic E-state index is 12.6. The molecule has 0 aliphatic rings. The predicted molar refractivity (Wildman–Crippen MR) is 110 cm³/mol. The fourth-order valence-corrected chi connectivity index (χ4v) is 3.14. The van der Waals surface area contributed by atoms with E-state index in [9.17, 15) is 8.78 Å². The van der Waals surface area contributed by atoms with Crippen LogP contribution < -0.4 is 9.47 Å². The van der Waals surface area contributed by atoms with Crippen LogP contribution in [0.15, 0.2) is 41.5 Å². The second-order valence-corrected chi connectivity index (χ2v) is 6.59. The third-order valence-electron chi connectivity index (χ3n) is 4.09. The van der Waals surface area contributed by atoms with E-state index in [1.165, 1.54) is 4.68 Å². The monoisotopic (exact) mass is 418 g/mol. The van der Waals surface area contributed by atoms with E-state index in [2.05, 4.69) is 20.0 Å². The van der Waals surface area contributed by atoms with Gasteiger partial charge in [-0.15, -0.1) is 0 Å². The number of hydrogen-bond donors (Lipinski definition) is 1. The first-order chi connectivity index (χ1) is 13.9. The van der Waals surface area contributed by atoms with Crippen LogP contribution in [0.2, 0.25) is 0 Å². The molecule has 0 amide bonds. The number of hydrogen-bond acceptors (Lipinski definition) is 5. The van der Waals surface area contributed by atoms with Gasteiger partial charge in [-0.05, 0) is 73.9 Å². The first kappa shape index (κ1) is 20.7. The van der Waals surface area contributed by atoms with Crippen LogP contribution >= 0.6 is 12.2 Å². The maximum atomic E-state index is 12.6. The molecule has 0 atom stereocenters. The Labute approximate surface area is 171 Å². The fraction of sp³-hybridized carbons (Fsp3) is 0.250.